The summed E-state index contributed by atoms with van der Waals surface area (Å²) >= 11 is 5.95. The maximum absolute atomic E-state index is 9.50. The number of phenolic OH excluding ortho intramolecular Hbond substituents is 1. The number of hydrogen-bond donors (Lipinski definition) is 3. The fourth-order valence-corrected chi connectivity index (χ4v) is 2.81. The number of halogens is 1. The lowest BCUT2D eigenvalue weighted by Crippen LogP contribution is -2.21. The van der Waals surface area contributed by atoms with E-state index in [4.69, 9.17) is 11.6 Å². The molecular formula is C21H23ClN4O. The van der Waals surface area contributed by atoms with Crippen LogP contribution in [0.2, 0.25) is 5.02 Å². The Bertz CT molecular complexity index is 914. The van der Waals surface area contributed by atoms with Gasteiger partial charge in [0.25, 0.3) is 0 Å². The molecule has 0 radical (unpaired) electrons. The molecule has 140 valence electrons. The molecule has 0 aliphatic heterocycles. The van der Waals surface area contributed by atoms with Gasteiger partial charge in [-0.15, -0.1) is 0 Å². The topological polar surface area (TPSA) is 70.1 Å². The van der Waals surface area contributed by atoms with Gasteiger partial charge in [-0.3, -0.25) is 0 Å². The molecule has 0 saturated carbocycles. The Morgan fingerprint density at radius 2 is 1.85 bits per heavy atom. The standard InChI is InChI=1S/C21H23ClN4O/c1-14(2)24-12-15-4-3-5-17(10-15)19-8-9-23-21(26-19)25-13-16-6-7-20(27)18(22)11-16/h3-11,14,24,27H,12-13H2,1-2H3,(H,23,25,26). The van der Waals surface area contributed by atoms with Crippen molar-refractivity contribution in [1.82, 2.24) is 15.3 Å². The first kappa shape index (κ1) is 19.1. The predicted octanol–water partition coefficient (Wildman–Crippen LogP) is 4.61. The lowest BCUT2D eigenvalue weighted by molar-refractivity contribution is 0.475. The first-order valence-electron chi connectivity index (χ1n) is 8.88. The Labute approximate surface area is 164 Å². The minimum absolute atomic E-state index is 0.0745. The number of rotatable bonds is 7. The van der Waals surface area contributed by atoms with E-state index in [0.717, 1.165) is 23.4 Å². The van der Waals surface area contributed by atoms with Gasteiger partial charge in [0, 0.05) is 30.9 Å². The van der Waals surface area contributed by atoms with Crippen molar-refractivity contribution >= 4 is 17.5 Å². The molecule has 0 bridgehead atoms. The first-order valence-corrected chi connectivity index (χ1v) is 9.26. The highest BCUT2D eigenvalue weighted by molar-refractivity contribution is 6.32. The van der Waals surface area contributed by atoms with Gasteiger partial charge < -0.3 is 15.7 Å². The Balaban J connectivity index is 1.71. The van der Waals surface area contributed by atoms with Crippen LogP contribution in [0.3, 0.4) is 0 Å². The molecule has 0 spiro atoms. The summed E-state index contributed by atoms with van der Waals surface area (Å²) in [6.07, 6.45) is 1.74. The summed E-state index contributed by atoms with van der Waals surface area (Å²) in [5.74, 6) is 0.618. The molecule has 0 amide bonds. The minimum atomic E-state index is 0.0745. The summed E-state index contributed by atoms with van der Waals surface area (Å²) in [6.45, 7) is 5.60. The van der Waals surface area contributed by atoms with Crippen molar-refractivity contribution in [3.63, 3.8) is 0 Å². The van der Waals surface area contributed by atoms with Crippen molar-refractivity contribution in [2.75, 3.05) is 5.32 Å². The van der Waals surface area contributed by atoms with E-state index in [1.165, 1.54) is 5.56 Å². The van der Waals surface area contributed by atoms with Crippen LogP contribution in [0, 0.1) is 0 Å². The van der Waals surface area contributed by atoms with Crippen molar-refractivity contribution in [3.8, 4) is 17.0 Å². The van der Waals surface area contributed by atoms with Gasteiger partial charge in [0.15, 0.2) is 0 Å². The molecule has 3 aromatic rings. The third kappa shape index (κ3) is 5.42. The molecule has 0 saturated heterocycles. The molecule has 0 aliphatic carbocycles. The average molecular weight is 383 g/mol. The monoisotopic (exact) mass is 382 g/mol. The minimum Gasteiger partial charge on any atom is -0.506 e. The highest BCUT2D eigenvalue weighted by Gasteiger charge is 2.05. The number of nitrogens with one attached hydrogen (secondary N) is 2. The van der Waals surface area contributed by atoms with Crippen molar-refractivity contribution in [1.29, 1.82) is 0 Å². The maximum atomic E-state index is 9.50. The summed E-state index contributed by atoms with van der Waals surface area (Å²) in [5, 5.41) is 16.5. The van der Waals surface area contributed by atoms with Crippen LogP contribution in [-0.4, -0.2) is 21.1 Å². The summed E-state index contributed by atoms with van der Waals surface area (Å²) in [7, 11) is 0. The van der Waals surface area contributed by atoms with Crippen LogP contribution in [-0.2, 0) is 13.1 Å². The lowest BCUT2D eigenvalue weighted by atomic mass is 10.1. The summed E-state index contributed by atoms with van der Waals surface area (Å²) < 4.78 is 0. The van der Waals surface area contributed by atoms with E-state index in [1.807, 2.05) is 24.3 Å². The van der Waals surface area contributed by atoms with Gasteiger partial charge in [-0.1, -0.05) is 49.7 Å². The second-order valence-corrected chi connectivity index (χ2v) is 7.05. The smallest absolute Gasteiger partial charge is 0.223 e. The molecule has 1 heterocycles. The van der Waals surface area contributed by atoms with Crippen LogP contribution in [0.4, 0.5) is 5.95 Å². The molecule has 0 unspecified atom stereocenters. The second kappa shape index (κ2) is 8.84. The predicted molar refractivity (Wildman–Crippen MR) is 110 cm³/mol. The lowest BCUT2D eigenvalue weighted by Gasteiger charge is -2.10. The largest absolute Gasteiger partial charge is 0.506 e. The molecule has 3 rings (SSSR count). The molecule has 3 N–H and O–H groups in total. The van der Waals surface area contributed by atoms with E-state index in [9.17, 15) is 5.11 Å². The quantitative estimate of drug-likeness (QED) is 0.556. The molecule has 0 fully saturated rings. The molecule has 27 heavy (non-hydrogen) atoms. The Hall–Kier alpha value is -2.63. The summed E-state index contributed by atoms with van der Waals surface area (Å²) in [5.41, 5.74) is 4.07. The van der Waals surface area contributed by atoms with Gasteiger partial charge in [-0.05, 0) is 35.4 Å². The number of anilines is 1. The first-order chi connectivity index (χ1) is 13.0. The number of phenols is 1. The average Bonchev–Trinajstić information content (AvgIpc) is 2.68. The van der Waals surface area contributed by atoms with Crippen molar-refractivity contribution in [2.24, 2.45) is 0 Å². The third-order valence-electron chi connectivity index (χ3n) is 4.06. The van der Waals surface area contributed by atoms with Gasteiger partial charge in [-0.2, -0.15) is 0 Å². The van der Waals surface area contributed by atoms with E-state index in [2.05, 4.69) is 46.6 Å². The molecule has 0 aliphatic rings. The van der Waals surface area contributed by atoms with Gasteiger partial charge in [0.2, 0.25) is 5.95 Å². The van der Waals surface area contributed by atoms with Crippen molar-refractivity contribution in [2.45, 2.75) is 33.0 Å². The normalized spacial score (nSPS) is 11.0. The molecule has 5 nitrogen and oxygen atoms in total. The molecular weight excluding hydrogens is 360 g/mol. The third-order valence-corrected chi connectivity index (χ3v) is 4.36. The molecule has 1 aromatic heterocycles. The van der Waals surface area contributed by atoms with Crippen molar-refractivity contribution in [3.05, 3.63) is 70.9 Å². The molecule has 2 aromatic carbocycles. The van der Waals surface area contributed by atoms with Crippen LogP contribution in [0.25, 0.3) is 11.3 Å². The van der Waals surface area contributed by atoms with Crippen molar-refractivity contribution < 1.29 is 5.11 Å². The SMILES string of the molecule is CC(C)NCc1cccc(-c2ccnc(NCc3ccc(O)c(Cl)c3)n2)c1. The zero-order valence-corrected chi connectivity index (χ0v) is 16.2. The number of nitrogens with zero attached hydrogens (tertiary/aromatic N) is 2. The maximum Gasteiger partial charge on any atom is 0.223 e. The van der Waals surface area contributed by atoms with Crippen LogP contribution in [0.15, 0.2) is 54.7 Å². The number of hydrogen-bond acceptors (Lipinski definition) is 5. The van der Waals surface area contributed by atoms with Gasteiger partial charge >= 0.3 is 0 Å². The summed E-state index contributed by atoms with van der Waals surface area (Å²) in [4.78, 5) is 8.89. The van der Waals surface area contributed by atoms with Gasteiger partial charge in [0.05, 0.1) is 10.7 Å². The second-order valence-electron chi connectivity index (χ2n) is 6.64. The van der Waals surface area contributed by atoms with E-state index in [-0.39, 0.29) is 5.75 Å². The van der Waals surface area contributed by atoms with Gasteiger partial charge in [0.1, 0.15) is 5.75 Å². The van der Waals surface area contributed by atoms with Crippen LogP contribution in [0.5, 0.6) is 5.75 Å². The van der Waals surface area contributed by atoms with E-state index < -0.39 is 0 Å². The highest BCUT2D eigenvalue weighted by atomic mass is 35.5. The fraction of sp³-hybridized carbons (Fsp3) is 0.238. The van der Waals surface area contributed by atoms with Crippen LogP contribution < -0.4 is 10.6 Å². The Morgan fingerprint density at radius 1 is 1.04 bits per heavy atom. The fourth-order valence-electron chi connectivity index (χ4n) is 2.61. The van der Waals surface area contributed by atoms with Crippen LogP contribution in [0.1, 0.15) is 25.0 Å². The summed E-state index contributed by atoms with van der Waals surface area (Å²) in [6, 6.07) is 15.8. The van der Waals surface area contributed by atoms with Crippen LogP contribution >= 0.6 is 11.6 Å². The Kier molecular flexibility index (Phi) is 6.27. The van der Waals surface area contributed by atoms with E-state index in [0.29, 0.717) is 23.6 Å². The number of aromatic hydroxyl groups is 1. The molecule has 0 atom stereocenters. The highest BCUT2D eigenvalue weighted by Crippen LogP contribution is 2.24. The van der Waals surface area contributed by atoms with Gasteiger partial charge in [-0.25, -0.2) is 9.97 Å². The number of benzene rings is 2. The number of aromatic nitrogens is 2. The Morgan fingerprint density at radius 3 is 2.63 bits per heavy atom. The van der Waals surface area contributed by atoms with E-state index >= 15 is 0 Å². The zero-order chi connectivity index (χ0) is 19.2. The van der Waals surface area contributed by atoms with E-state index in [1.54, 1.807) is 18.3 Å². The zero-order valence-electron chi connectivity index (χ0n) is 15.4. The molecule has 6 heteroatoms.